The standard InChI is InChI=1S/C38H45N4S2/c1-4-31(9-11-33-13-15-37-35(29-33)7-5-22-40(37)2)17-20-39-21-27-43-44-28-26-42-24-18-32(19-25-42)10-12-34-14-16-38-36(30-34)8-6-23-41(38)3/h4,9-20,24-25,29-30H,1,5-8,21-23,26-28H2,2-3H3/q+1. The maximum atomic E-state index is 4.57. The normalized spacial score (nSPS) is 15.4. The van der Waals surface area contributed by atoms with Gasteiger partial charge in [-0.25, -0.2) is 4.57 Å². The van der Waals surface area contributed by atoms with Crippen molar-refractivity contribution in [2.45, 2.75) is 32.2 Å². The Morgan fingerprint density at radius 3 is 2.09 bits per heavy atom. The van der Waals surface area contributed by atoms with Crippen molar-refractivity contribution in [1.82, 2.24) is 0 Å². The molecule has 5 rings (SSSR count). The van der Waals surface area contributed by atoms with E-state index in [1.807, 2.05) is 40.0 Å². The predicted molar refractivity (Wildman–Crippen MR) is 197 cm³/mol. The van der Waals surface area contributed by atoms with Gasteiger partial charge in [-0.15, -0.1) is 0 Å². The van der Waals surface area contributed by atoms with Crippen LogP contribution in [0.5, 0.6) is 0 Å². The van der Waals surface area contributed by atoms with Crippen molar-refractivity contribution in [1.29, 1.82) is 0 Å². The highest BCUT2D eigenvalue weighted by Crippen LogP contribution is 2.28. The van der Waals surface area contributed by atoms with Crippen LogP contribution in [0.3, 0.4) is 0 Å². The zero-order valence-corrected chi connectivity index (χ0v) is 27.8. The number of fused-ring (bicyclic) bond motifs is 2. The minimum atomic E-state index is 0.815. The Hall–Kier alpha value is -3.48. The molecule has 4 nitrogen and oxygen atoms in total. The van der Waals surface area contributed by atoms with Crippen LogP contribution in [0, 0.1) is 0 Å². The summed E-state index contributed by atoms with van der Waals surface area (Å²) in [5, 5.41) is 0. The molecule has 0 saturated heterocycles. The molecule has 0 amide bonds. The van der Waals surface area contributed by atoms with Gasteiger partial charge < -0.3 is 9.80 Å². The highest BCUT2D eigenvalue weighted by atomic mass is 33.1. The van der Waals surface area contributed by atoms with Crippen molar-refractivity contribution in [3.63, 3.8) is 0 Å². The van der Waals surface area contributed by atoms with E-state index in [1.165, 1.54) is 58.5 Å². The van der Waals surface area contributed by atoms with Gasteiger partial charge in [-0.2, -0.15) is 0 Å². The van der Waals surface area contributed by atoms with E-state index >= 15 is 0 Å². The molecule has 2 aliphatic heterocycles. The van der Waals surface area contributed by atoms with Crippen LogP contribution in [-0.2, 0) is 19.4 Å². The first-order chi connectivity index (χ1) is 21.6. The van der Waals surface area contributed by atoms with Gasteiger partial charge in [0.2, 0.25) is 0 Å². The van der Waals surface area contributed by atoms with Crippen molar-refractivity contribution in [2.75, 3.05) is 55.0 Å². The summed E-state index contributed by atoms with van der Waals surface area (Å²) in [5.41, 5.74) is 10.5. The van der Waals surface area contributed by atoms with Crippen molar-refractivity contribution >= 4 is 57.4 Å². The number of aryl methyl sites for hydroxylation is 3. The third-order valence-corrected chi connectivity index (χ3v) is 10.6. The van der Waals surface area contributed by atoms with Gasteiger partial charge in [0.05, 0.1) is 5.75 Å². The average Bonchev–Trinajstić information content (AvgIpc) is 3.05. The van der Waals surface area contributed by atoms with Crippen LogP contribution in [0.2, 0.25) is 0 Å². The Balaban J connectivity index is 0.976. The lowest BCUT2D eigenvalue weighted by molar-refractivity contribution is -0.692. The highest BCUT2D eigenvalue weighted by Gasteiger charge is 2.14. The lowest BCUT2D eigenvalue weighted by atomic mass is 9.99. The van der Waals surface area contributed by atoms with E-state index in [9.17, 15) is 0 Å². The molecular formula is C38H45N4S2+. The number of allylic oxidation sites excluding steroid dienone is 4. The predicted octanol–water partition coefficient (Wildman–Crippen LogP) is 8.19. The van der Waals surface area contributed by atoms with Gasteiger partial charge in [0.25, 0.3) is 0 Å². The minimum absolute atomic E-state index is 0.815. The number of anilines is 2. The monoisotopic (exact) mass is 621 g/mol. The third kappa shape index (κ3) is 9.26. The second-order valence-electron chi connectivity index (χ2n) is 11.4. The van der Waals surface area contributed by atoms with Crippen molar-refractivity contribution in [2.24, 2.45) is 4.99 Å². The molecule has 0 bridgehead atoms. The number of hydrogen-bond acceptors (Lipinski definition) is 5. The van der Waals surface area contributed by atoms with Gasteiger partial charge in [-0.1, -0.05) is 70.7 Å². The summed E-state index contributed by atoms with van der Waals surface area (Å²) in [6, 6.07) is 18.0. The number of aromatic nitrogens is 1. The molecule has 0 atom stereocenters. The van der Waals surface area contributed by atoms with Crippen molar-refractivity contribution < 1.29 is 4.57 Å². The summed E-state index contributed by atoms with van der Waals surface area (Å²) >= 11 is 0. The van der Waals surface area contributed by atoms with Crippen molar-refractivity contribution in [3.8, 4) is 0 Å². The Bertz CT molecular complexity index is 1520. The molecule has 3 heterocycles. The molecule has 0 aliphatic carbocycles. The first-order valence-electron chi connectivity index (χ1n) is 15.7. The summed E-state index contributed by atoms with van der Waals surface area (Å²) in [7, 11) is 8.17. The molecule has 3 aromatic rings. The molecule has 0 N–H and O–H groups in total. The highest BCUT2D eigenvalue weighted by molar-refractivity contribution is 8.76. The first kappa shape index (κ1) is 31.9. The molecule has 228 valence electrons. The molecule has 0 fully saturated rings. The summed E-state index contributed by atoms with van der Waals surface area (Å²) in [5.74, 6) is 2.08. The van der Waals surface area contributed by atoms with Gasteiger partial charge in [-0.05, 0) is 89.4 Å². The number of hydrogen-bond donors (Lipinski definition) is 0. The largest absolute Gasteiger partial charge is 0.374 e. The number of benzene rings is 2. The maximum absolute atomic E-state index is 4.57. The van der Waals surface area contributed by atoms with Gasteiger partial charge >= 0.3 is 0 Å². The molecule has 2 aromatic carbocycles. The zero-order chi connectivity index (χ0) is 30.6. The topological polar surface area (TPSA) is 22.7 Å². The molecule has 44 heavy (non-hydrogen) atoms. The van der Waals surface area contributed by atoms with E-state index in [1.54, 1.807) is 0 Å². The first-order valence-corrected chi connectivity index (χ1v) is 18.2. The van der Waals surface area contributed by atoms with E-state index in [2.05, 4.69) is 125 Å². The summed E-state index contributed by atoms with van der Waals surface area (Å²) in [6.45, 7) is 8.08. The van der Waals surface area contributed by atoms with Crippen molar-refractivity contribution in [3.05, 3.63) is 119 Å². The third-order valence-electron chi connectivity index (χ3n) is 8.19. The Kier molecular flexibility index (Phi) is 12.0. The van der Waals surface area contributed by atoms with Crippen LogP contribution in [0.15, 0.2) is 96.3 Å². The van der Waals surface area contributed by atoms with Gasteiger partial charge in [0.1, 0.15) is 0 Å². The van der Waals surface area contributed by atoms with Gasteiger partial charge in [0, 0.05) is 69.2 Å². The minimum Gasteiger partial charge on any atom is -0.374 e. The number of aliphatic imine (C=N–C) groups is 1. The average molecular weight is 622 g/mol. The Morgan fingerprint density at radius 2 is 1.43 bits per heavy atom. The summed E-state index contributed by atoms with van der Waals surface area (Å²) in [6.07, 6.45) is 23.7. The van der Waals surface area contributed by atoms with Crippen LogP contribution >= 0.6 is 21.6 Å². The van der Waals surface area contributed by atoms with Crippen LogP contribution in [-0.4, -0.2) is 51.4 Å². The lowest BCUT2D eigenvalue weighted by Crippen LogP contribution is -2.33. The van der Waals surface area contributed by atoms with E-state index in [-0.39, 0.29) is 0 Å². The molecule has 0 spiro atoms. The van der Waals surface area contributed by atoms with Crippen LogP contribution < -0.4 is 14.4 Å². The molecule has 6 heteroatoms. The second kappa shape index (κ2) is 16.6. The maximum Gasteiger partial charge on any atom is 0.169 e. The smallest absolute Gasteiger partial charge is 0.169 e. The van der Waals surface area contributed by atoms with Crippen LogP contribution in [0.25, 0.3) is 18.2 Å². The number of nitrogens with zero attached hydrogens (tertiary/aromatic N) is 4. The molecule has 0 radical (unpaired) electrons. The van der Waals surface area contributed by atoms with E-state index < -0.39 is 0 Å². The Labute approximate surface area is 272 Å². The fourth-order valence-corrected chi connectivity index (χ4v) is 7.54. The SMILES string of the molecule is C=CC(C=Cc1ccc2c(c1)CCCN2C)=CC=NCCSSCC[n+]1ccc(C=Cc2ccc3c(c2)CCCN3C)cc1. The summed E-state index contributed by atoms with van der Waals surface area (Å²) < 4.78 is 2.26. The quantitative estimate of drug-likeness (QED) is 0.0631. The molecule has 0 saturated carbocycles. The fourth-order valence-electron chi connectivity index (χ4n) is 5.69. The molecule has 2 aliphatic rings. The fraction of sp³-hybridized carbons (Fsp3) is 0.316. The lowest BCUT2D eigenvalue weighted by Gasteiger charge is -2.27. The molecular weight excluding hydrogens is 577 g/mol. The van der Waals surface area contributed by atoms with E-state index in [0.29, 0.717) is 0 Å². The molecule has 1 aromatic heterocycles. The Morgan fingerprint density at radius 1 is 0.818 bits per heavy atom. The van der Waals surface area contributed by atoms with Crippen LogP contribution in [0.4, 0.5) is 11.4 Å². The summed E-state index contributed by atoms with van der Waals surface area (Å²) in [4.78, 5) is 9.28. The zero-order valence-electron chi connectivity index (χ0n) is 26.2. The van der Waals surface area contributed by atoms with Gasteiger partial charge in [0.15, 0.2) is 18.9 Å². The number of rotatable bonds is 13. The van der Waals surface area contributed by atoms with E-state index in [4.69, 9.17) is 0 Å². The van der Waals surface area contributed by atoms with Crippen LogP contribution in [0.1, 0.15) is 40.7 Å². The van der Waals surface area contributed by atoms with Gasteiger partial charge in [-0.3, -0.25) is 4.99 Å². The number of pyridine rings is 1. The van der Waals surface area contributed by atoms with E-state index in [0.717, 1.165) is 49.7 Å². The second-order valence-corrected chi connectivity index (χ2v) is 14.1. The molecule has 0 unspecified atom stereocenters.